The van der Waals surface area contributed by atoms with Crippen LogP contribution < -0.4 is 5.32 Å². The Morgan fingerprint density at radius 3 is 2.78 bits per heavy atom. The minimum atomic E-state index is 0.329. The van der Waals surface area contributed by atoms with Crippen LogP contribution in [0.1, 0.15) is 22.9 Å². The first-order valence-electron chi connectivity index (χ1n) is 8.25. The van der Waals surface area contributed by atoms with Crippen LogP contribution in [0.4, 0.5) is 0 Å². The first kappa shape index (κ1) is 14.8. The van der Waals surface area contributed by atoms with E-state index in [4.69, 9.17) is 0 Å². The Labute approximate surface area is 141 Å². The van der Waals surface area contributed by atoms with Gasteiger partial charge in [-0.25, -0.2) is 0 Å². The predicted molar refractivity (Wildman–Crippen MR) is 97.0 cm³/mol. The van der Waals surface area contributed by atoms with Crippen LogP contribution in [0, 0.1) is 0 Å². The van der Waals surface area contributed by atoms with Crippen molar-refractivity contribution in [3.8, 4) is 0 Å². The van der Waals surface area contributed by atoms with Crippen LogP contribution in [-0.4, -0.2) is 36.1 Å². The second-order valence-corrected chi connectivity index (χ2v) is 7.12. The van der Waals surface area contributed by atoms with E-state index < -0.39 is 0 Å². The Kier molecular flexibility index (Phi) is 4.37. The quantitative estimate of drug-likeness (QED) is 0.797. The van der Waals surface area contributed by atoms with Crippen LogP contribution in [0.3, 0.4) is 0 Å². The van der Waals surface area contributed by atoms with Gasteiger partial charge in [0.15, 0.2) is 0 Å². The number of rotatable bonds is 3. The number of benzene rings is 1. The minimum absolute atomic E-state index is 0.329. The van der Waals surface area contributed by atoms with Crippen LogP contribution in [-0.2, 0) is 0 Å². The van der Waals surface area contributed by atoms with Crippen LogP contribution in [0.5, 0.6) is 0 Å². The Morgan fingerprint density at radius 2 is 1.91 bits per heavy atom. The molecular weight excluding hydrogens is 302 g/mol. The summed E-state index contributed by atoms with van der Waals surface area (Å²) in [5.74, 6) is 0. The molecule has 0 aliphatic carbocycles. The normalized spacial score (nSPS) is 17.9. The van der Waals surface area contributed by atoms with Gasteiger partial charge in [0.05, 0.1) is 6.04 Å². The van der Waals surface area contributed by atoms with E-state index in [1.165, 1.54) is 26.9 Å². The van der Waals surface area contributed by atoms with E-state index >= 15 is 0 Å². The highest BCUT2D eigenvalue weighted by atomic mass is 32.1. The number of nitrogens with zero attached hydrogens (tertiary/aromatic N) is 2. The maximum atomic E-state index is 4.20. The summed E-state index contributed by atoms with van der Waals surface area (Å²) < 4.78 is 1.37. The molecule has 3 heterocycles. The van der Waals surface area contributed by atoms with Crippen LogP contribution >= 0.6 is 11.3 Å². The molecule has 1 atom stereocenters. The van der Waals surface area contributed by atoms with Gasteiger partial charge in [0.2, 0.25) is 0 Å². The molecule has 1 aromatic carbocycles. The lowest BCUT2D eigenvalue weighted by atomic mass is 10.0. The second-order valence-electron chi connectivity index (χ2n) is 6.01. The third-order valence-corrected chi connectivity index (χ3v) is 5.64. The second kappa shape index (κ2) is 6.79. The van der Waals surface area contributed by atoms with Gasteiger partial charge in [0, 0.05) is 41.6 Å². The van der Waals surface area contributed by atoms with Crippen molar-refractivity contribution >= 4 is 21.4 Å². The van der Waals surface area contributed by atoms with Gasteiger partial charge in [-0.05, 0) is 48.2 Å². The highest BCUT2D eigenvalue weighted by molar-refractivity contribution is 7.19. The van der Waals surface area contributed by atoms with Crippen molar-refractivity contribution in [2.45, 2.75) is 12.5 Å². The van der Waals surface area contributed by atoms with Gasteiger partial charge in [-0.2, -0.15) is 0 Å². The van der Waals surface area contributed by atoms with Crippen molar-refractivity contribution < 1.29 is 0 Å². The number of fused-ring (bicyclic) bond motifs is 1. The highest BCUT2D eigenvalue weighted by Crippen LogP contribution is 2.36. The predicted octanol–water partition coefficient (Wildman–Crippen LogP) is 3.68. The first-order chi connectivity index (χ1) is 11.4. The fraction of sp³-hybridized carbons (Fsp3) is 0.316. The molecule has 0 amide bonds. The average Bonchev–Trinajstić information content (AvgIpc) is 2.83. The smallest absolute Gasteiger partial charge is 0.0698 e. The van der Waals surface area contributed by atoms with Crippen LogP contribution in [0.15, 0.2) is 54.9 Å². The molecule has 118 valence electrons. The minimum Gasteiger partial charge on any atom is -0.315 e. The Hall–Kier alpha value is -1.75. The SMILES string of the molecule is c1ccc2sc(C(c3ccncc3)N3CCCNCC3)cc2c1. The maximum absolute atomic E-state index is 4.20. The summed E-state index contributed by atoms with van der Waals surface area (Å²) in [7, 11) is 0. The number of thiophene rings is 1. The molecule has 4 heteroatoms. The van der Waals surface area contributed by atoms with Gasteiger partial charge >= 0.3 is 0 Å². The van der Waals surface area contributed by atoms with Crippen molar-refractivity contribution in [1.29, 1.82) is 0 Å². The van der Waals surface area contributed by atoms with Crippen molar-refractivity contribution in [3.05, 3.63) is 65.3 Å². The summed E-state index contributed by atoms with van der Waals surface area (Å²) in [6.07, 6.45) is 5.02. The van der Waals surface area contributed by atoms with E-state index in [2.05, 4.69) is 57.7 Å². The maximum Gasteiger partial charge on any atom is 0.0698 e. The Balaban J connectivity index is 1.77. The van der Waals surface area contributed by atoms with Gasteiger partial charge < -0.3 is 5.32 Å². The third-order valence-electron chi connectivity index (χ3n) is 4.48. The van der Waals surface area contributed by atoms with Gasteiger partial charge in [0.1, 0.15) is 0 Å². The van der Waals surface area contributed by atoms with E-state index in [1.54, 1.807) is 0 Å². The summed E-state index contributed by atoms with van der Waals surface area (Å²) in [4.78, 5) is 8.24. The molecule has 3 aromatic rings. The molecule has 0 radical (unpaired) electrons. The molecular formula is C19H21N3S. The first-order valence-corrected chi connectivity index (χ1v) is 9.06. The van der Waals surface area contributed by atoms with Gasteiger partial charge in [-0.15, -0.1) is 11.3 Å². The number of hydrogen-bond donors (Lipinski definition) is 1. The zero-order valence-corrected chi connectivity index (χ0v) is 13.9. The fourth-order valence-electron chi connectivity index (χ4n) is 3.36. The van der Waals surface area contributed by atoms with Gasteiger partial charge in [-0.1, -0.05) is 18.2 Å². The van der Waals surface area contributed by atoms with Crippen LogP contribution in [0.2, 0.25) is 0 Å². The summed E-state index contributed by atoms with van der Waals surface area (Å²) in [5, 5.41) is 4.86. The lowest BCUT2D eigenvalue weighted by molar-refractivity contribution is 0.244. The van der Waals surface area contributed by atoms with E-state index in [9.17, 15) is 0 Å². The van der Waals surface area contributed by atoms with E-state index in [-0.39, 0.29) is 0 Å². The molecule has 3 nitrogen and oxygen atoms in total. The zero-order valence-electron chi connectivity index (χ0n) is 13.1. The fourth-order valence-corrected chi connectivity index (χ4v) is 4.59. The van der Waals surface area contributed by atoms with Gasteiger partial charge in [-0.3, -0.25) is 9.88 Å². The number of nitrogens with one attached hydrogen (secondary N) is 1. The Bertz CT molecular complexity index is 727. The summed E-state index contributed by atoms with van der Waals surface area (Å²) in [6, 6.07) is 15.7. The molecule has 23 heavy (non-hydrogen) atoms. The third kappa shape index (κ3) is 3.15. The molecule has 1 fully saturated rings. The standard InChI is InChI=1S/C19H21N3S/c1-2-5-17-16(4-1)14-18(23-17)19(15-6-9-21-10-7-15)22-12-3-8-20-11-13-22/h1-2,4-7,9-10,14,19-20H,3,8,11-13H2. The molecule has 0 saturated carbocycles. The molecule has 0 spiro atoms. The molecule has 1 unspecified atom stereocenters. The Morgan fingerprint density at radius 1 is 1.04 bits per heavy atom. The molecule has 4 rings (SSSR count). The summed E-state index contributed by atoms with van der Waals surface area (Å²) in [5.41, 5.74) is 1.34. The molecule has 0 bridgehead atoms. The molecule has 1 saturated heterocycles. The van der Waals surface area contributed by atoms with E-state index in [0.717, 1.165) is 26.2 Å². The lowest BCUT2D eigenvalue weighted by Gasteiger charge is -2.30. The van der Waals surface area contributed by atoms with E-state index in [0.29, 0.717) is 6.04 Å². The van der Waals surface area contributed by atoms with Crippen molar-refractivity contribution in [2.24, 2.45) is 0 Å². The molecule has 1 aliphatic rings. The van der Waals surface area contributed by atoms with Gasteiger partial charge in [0.25, 0.3) is 0 Å². The summed E-state index contributed by atoms with van der Waals surface area (Å²) >= 11 is 1.92. The van der Waals surface area contributed by atoms with Crippen molar-refractivity contribution in [2.75, 3.05) is 26.2 Å². The monoisotopic (exact) mass is 323 g/mol. The molecule has 2 aromatic heterocycles. The molecule has 1 aliphatic heterocycles. The average molecular weight is 323 g/mol. The van der Waals surface area contributed by atoms with Crippen molar-refractivity contribution in [1.82, 2.24) is 15.2 Å². The molecule has 1 N–H and O–H groups in total. The summed E-state index contributed by atoms with van der Waals surface area (Å²) in [6.45, 7) is 4.40. The largest absolute Gasteiger partial charge is 0.315 e. The highest BCUT2D eigenvalue weighted by Gasteiger charge is 2.24. The lowest BCUT2D eigenvalue weighted by Crippen LogP contribution is -2.32. The number of hydrogen-bond acceptors (Lipinski definition) is 4. The number of aromatic nitrogens is 1. The van der Waals surface area contributed by atoms with E-state index in [1.807, 2.05) is 23.7 Å². The zero-order chi connectivity index (χ0) is 15.5. The topological polar surface area (TPSA) is 28.2 Å². The van der Waals surface area contributed by atoms with Crippen molar-refractivity contribution in [3.63, 3.8) is 0 Å². The number of pyridine rings is 1. The van der Waals surface area contributed by atoms with Crippen LogP contribution in [0.25, 0.3) is 10.1 Å².